The summed E-state index contributed by atoms with van der Waals surface area (Å²) in [5.41, 5.74) is 2.99. The number of esters is 1. The monoisotopic (exact) mass is 368 g/mol. The number of H-pyrrole nitrogens is 1. The molecular formula is C22H28N2O3. The average molecular weight is 368 g/mol. The number of methoxy groups -OCH3 is 2. The van der Waals surface area contributed by atoms with Gasteiger partial charge in [0.25, 0.3) is 0 Å². The Balaban J connectivity index is 1.72. The van der Waals surface area contributed by atoms with Gasteiger partial charge in [-0.2, -0.15) is 0 Å². The standard InChI is InChI=1S/C22H28N2O3/c1-26-10-8-15-11-14-12-22(21(25)27-2)19-17(7-9-24(13-14)20(15)22)16-5-3-4-6-18(16)23-19/h3-6,14-15,20,23H,7-13H2,1-2H3/t14-,15-,20-,22+/m0/s1. The first kappa shape index (κ1) is 17.3. The van der Waals surface area contributed by atoms with Gasteiger partial charge in [0, 0.05) is 49.4 Å². The molecule has 27 heavy (non-hydrogen) atoms. The Morgan fingerprint density at radius 1 is 1.33 bits per heavy atom. The van der Waals surface area contributed by atoms with Gasteiger partial charge in [-0.1, -0.05) is 18.2 Å². The van der Waals surface area contributed by atoms with Crippen LogP contribution in [0.25, 0.3) is 10.9 Å². The van der Waals surface area contributed by atoms with E-state index in [1.807, 2.05) is 0 Å². The van der Waals surface area contributed by atoms with Crippen LogP contribution in [0.15, 0.2) is 24.3 Å². The predicted octanol–water partition coefficient (Wildman–Crippen LogP) is 2.88. The smallest absolute Gasteiger partial charge is 0.319 e. The third kappa shape index (κ3) is 2.34. The van der Waals surface area contributed by atoms with Crippen LogP contribution in [-0.2, 0) is 26.1 Å². The van der Waals surface area contributed by atoms with Gasteiger partial charge in [-0.05, 0) is 49.1 Å². The van der Waals surface area contributed by atoms with Gasteiger partial charge in [0.05, 0.1) is 7.11 Å². The van der Waals surface area contributed by atoms with Crippen molar-refractivity contribution < 1.29 is 14.3 Å². The van der Waals surface area contributed by atoms with Crippen molar-refractivity contribution in [3.8, 4) is 0 Å². The van der Waals surface area contributed by atoms with Gasteiger partial charge in [0.2, 0.25) is 0 Å². The molecule has 1 aromatic heterocycles. The topological polar surface area (TPSA) is 54.6 Å². The van der Waals surface area contributed by atoms with E-state index in [1.54, 1.807) is 14.2 Å². The summed E-state index contributed by atoms with van der Waals surface area (Å²) in [6.45, 7) is 2.87. The SMILES string of the molecule is COCC[C@H]1C[C@@H]2CN3CCc4c([nH]c5ccccc45)[C@](C(=O)OC)(C2)[C@H]13. The summed E-state index contributed by atoms with van der Waals surface area (Å²) in [4.78, 5) is 19.7. The minimum Gasteiger partial charge on any atom is -0.468 e. The highest BCUT2D eigenvalue weighted by Crippen LogP contribution is 2.55. The second-order valence-corrected chi connectivity index (χ2v) is 8.52. The summed E-state index contributed by atoms with van der Waals surface area (Å²) >= 11 is 0. The number of nitrogens with one attached hydrogen (secondary N) is 1. The molecule has 4 aliphatic rings. The van der Waals surface area contributed by atoms with Crippen LogP contribution in [0, 0.1) is 11.8 Å². The number of carbonyl (C=O) groups is 1. The van der Waals surface area contributed by atoms with Crippen LogP contribution >= 0.6 is 0 Å². The zero-order valence-corrected chi connectivity index (χ0v) is 16.2. The van der Waals surface area contributed by atoms with Gasteiger partial charge in [-0.3, -0.25) is 9.69 Å². The molecule has 2 aromatic rings. The van der Waals surface area contributed by atoms with Crippen LogP contribution in [0.1, 0.15) is 30.5 Å². The van der Waals surface area contributed by atoms with Crippen LogP contribution in [0.3, 0.4) is 0 Å². The lowest BCUT2D eigenvalue weighted by Crippen LogP contribution is -2.67. The average Bonchev–Trinajstić information content (AvgIpc) is 3.04. The molecule has 5 heteroatoms. The summed E-state index contributed by atoms with van der Waals surface area (Å²) in [7, 11) is 3.31. The Morgan fingerprint density at radius 3 is 3.00 bits per heavy atom. The summed E-state index contributed by atoms with van der Waals surface area (Å²) < 4.78 is 10.9. The number of ether oxygens (including phenoxy) is 2. The molecule has 5 nitrogen and oxygen atoms in total. The molecule has 6 rings (SSSR count). The van der Waals surface area contributed by atoms with Crippen LogP contribution in [0.4, 0.5) is 0 Å². The summed E-state index contributed by atoms with van der Waals surface area (Å²) in [6.07, 6.45) is 4.07. The van der Waals surface area contributed by atoms with Gasteiger partial charge in [-0.15, -0.1) is 0 Å². The van der Waals surface area contributed by atoms with Crippen molar-refractivity contribution in [2.75, 3.05) is 33.9 Å². The molecule has 4 heterocycles. The Labute approximate surface area is 160 Å². The summed E-state index contributed by atoms with van der Waals surface area (Å²) in [5, 5.41) is 1.26. The number of rotatable bonds is 4. The molecule has 1 unspecified atom stereocenters. The number of piperidine rings is 2. The highest BCUT2D eigenvalue weighted by Gasteiger charge is 2.62. The van der Waals surface area contributed by atoms with Crippen LogP contribution in [0.2, 0.25) is 0 Å². The van der Waals surface area contributed by atoms with E-state index in [-0.39, 0.29) is 12.0 Å². The zero-order chi connectivity index (χ0) is 18.6. The summed E-state index contributed by atoms with van der Waals surface area (Å²) in [5.74, 6) is 0.932. The predicted molar refractivity (Wildman–Crippen MR) is 104 cm³/mol. The molecular weight excluding hydrogens is 340 g/mol. The molecule has 3 aliphatic heterocycles. The number of hydrogen-bond acceptors (Lipinski definition) is 4. The van der Waals surface area contributed by atoms with Gasteiger partial charge < -0.3 is 14.5 Å². The third-order valence-electron chi connectivity index (χ3n) is 7.24. The van der Waals surface area contributed by atoms with Crippen molar-refractivity contribution in [1.82, 2.24) is 9.88 Å². The molecule has 1 N–H and O–H groups in total. The van der Waals surface area contributed by atoms with Crippen molar-refractivity contribution in [3.63, 3.8) is 0 Å². The number of benzene rings is 1. The van der Waals surface area contributed by atoms with Crippen molar-refractivity contribution in [2.24, 2.45) is 11.8 Å². The maximum absolute atomic E-state index is 13.4. The molecule has 3 fully saturated rings. The van der Waals surface area contributed by atoms with Crippen LogP contribution < -0.4 is 0 Å². The molecule has 2 saturated heterocycles. The minimum absolute atomic E-state index is 0.0703. The molecule has 0 radical (unpaired) electrons. The van der Waals surface area contributed by atoms with Crippen molar-refractivity contribution in [1.29, 1.82) is 0 Å². The van der Waals surface area contributed by atoms with Gasteiger partial charge in [-0.25, -0.2) is 0 Å². The number of fused-ring (bicyclic) bond motifs is 4. The molecule has 5 atom stereocenters. The molecule has 144 valence electrons. The van der Waals surface area contributed by atoms with Crippen molar-refractivity contribution in [3.05, 3.63) is 35.5 Å². The fraction of sp³-hybridized carbons (Fsp3) is 0.591. The van der Waals surface area contributed by atoms with E-state index in [9.17, 15) is 4.79 Å². The molecule has 0 amide bonds. The summed E-state index contributed by atoms with van der Waals surface area (Å²) in [6, 6.07) is 8.65. The second-order valence-electron chi connectivity index (χ2n) is 8.52. The lowest BCUT2D eigenvalue weighted by atomic mass is 9.56. The lowest BCUT2D eigenvalue weighted by Gasteiger charge is -2.58. The fourth-order valence-electron chi connectivity index (χ4n) is 6.42. The van der Waals surface area contributed by atoms with Crippen LogP contribution in [-0.4, -0.2) is 55.8 Å². The van der Waals surface area contributed by atoms with Crippen LogP contribution in [0.5, 0.6) is 0 Å². The Bertz CT molecular complexity index is 876. The quantitative estimate of drug-likeness (QED) is 0.843. The normalized spacial score (nSPS) is 34.3. The number of aromatic amines is 1. The van der Waals surface area contributed by atoms with Crippen molar-refractivity contribution >= 4 is 16.9 Å². The highest BCUT2D eigenvalue weighted by molar-refractivity contribution is 5.91. The molecule has 1 saturated carbocycles. The van der Waals surface area contributed by atoms with Crippen molar-refractivity contribution in [2.45, 2.75) is 37.1 Å². The van der Waals surface area contributed by atoms with E-state index in [0.29, 0.717) is 11.8 Å². The zero-order valence-electron chi connectivity index (χ0n) is 16.2. The molecule has 0 spiro atoms. The largest absolute Gasteiger partial charge is 0.468 e. The number of nitrogens with zero attached hydrogens (tertiary/aromatic N) is 1. The molecule has 1 aliphatic carbocycles. The number of hydrogen-bond donors (Lipinski definition) is 1. The van der Waals surface area contributed by atoms with E-state index < -0.39 is 5.41 Å². The number of carbonyl (C=O) groups excluding carboxylic acids is 1. The Morgan fingerprint density at radius 2 is 2.19 bits per heavy atom. The Kier molecular flexibility index (Phi) is 4.06. The van der Waals surface area contributed by atoms with Gasteiger partial charge in [0.1, 0.15) is 5.41 Å². The van der Waals surface area contributed by atoms with E-state index in [1.165, 1.54) is 17.4 Å². The highest BCUT2D eigenvalue weighted by atomic mass is 16.5. The minimum atomic E-state index is -0.584. The number of aromatic nitrogens is 1. The lowest BCUT2D eigenvalue weighted by molar-refractivity contribution is -0.162. The Hall–Kier alpha value is -1.85. The van der Waals surface area contributed by atoms with Gasteiger partial charge in [0.15, 0.2) is 0 Å². The van der Waals surface area contributed by atoms with Gasteiger partial charge >= 0.3 is 5.97 Å². The first-order valence-corrected chi connectivity index (χ1v) is 10.1. The maximum Gasteiger partial charge on any atom is 0.319 e. The van der Waals surface area contributed by atoms with E-state index in [2.05, 4.69) is 34.1 Å². The van der Waals surface area contributed by atoms with E-state index in [0.717, 1.165) is 50.2 Å². The third-order valence-corrected chi connectivity index (χ3v) is 7.24. The fourth-order valence-corrected chi connectivity index (χ4v) is 6.42. The molecule has 1 aromatic carbocycles. The number of para-hydroxylation sites is 1. The van der Waals surface area contributed by atoms with E-state index >= 15 is 0 Å². The van der Waals surface area contributed by atoms with E-state index in [4.69, 9.17) is 9.47 Å². The second kappa shape index (κ2) is 6.35. The first-order chi connectivity index (χ1) is 13.2. The molecule has 4 bridgehead atoms. The first-order valence-electron chi connectivity index (χ1n) is 10.1. The maximum atomic E-state index is 13.4.